The van der Waals surface area contributed by atoms with E-state index in [0.717, 1.165) is 24.8 Å². The molecule has 3 rings (SSSR count). The Morgan fingerprint density at radius 2 is 1.71 bits per heavy atom. The van der Waals surface area contributed by atoms with Crippen molar-refractivity contribution in [2.75, 3.05) is 6.61 Å². The van der Waals surface area contributed by atoms with Gasteiger partial charge in [0.25, 0.3) is 11.8 Å². The molecular weight excluding hydrogens is 304 g/mol. The van der Waals surface area contributed by atoms with Gasteiger partial charge < -0.3 is 15.8 Å². The van der Waals surface area contributed by atoms with E-state index >= 15 is 0 Å². The Labute approximate surface area is 140 Å². The first-order valence-corrected chi connectivity index (χ1v) is 7.99. The molecule has 124 valence electrons. The standard InChI is InChI=1S/C19H20N2O3/c20-18(23)15-9-4-5-10-16(15)24-13-17(22)21-19(11-6-12-19)14-7-2-1-3-8-14/h1-5,7-10H,6,11-13H2,(H2,20,23)(H,21,22). The maximum absolute atomic E-state index is 12.3. The number of primary amides is 1. The van der Waals surface area contributed by atoms with Crippen molar-refractivity contribution in [2.24, 2.45) is 5.73 Å². The van der Waals surface area contributed by atoms with E-state index < -0.39 is 5.91 Å². The summed E-state index contributed by atoms with van der Waals surface area (Å²) in [5.74, 6) is -0.467. The van der Waals surface area contributed by atoms with Crippen molar-refractivity contribution in [3.8, 4) is 5.75 Å². The number of benzene rings is 2. The van der Waals surface area contributed by atoms with Gasteiger partial charge in [0.05, 0.1) is 11.1 Å². The second-order valence-corrected chi connectivity index (χ2v) is 6.00. The largest absolute Gasteiger partial charge is 0.483 e. The molecule has 1 fully saturated rings. The second kappa shape index (κ2) is 6.74. The molecule has 24 heavy (non-hydrogen) atoms. The molecule has 0 unspecified atom stereocenters. The van der Waals surface area contributed by atoms with Crippen LogP contribution >= 0.6 is 0 Å². The normalized spacial score (nSPS) is 15.2. The van der Waals surface area contributed by atoms with Crippen molar-refractivity contribution in [2.45, 2.75) is 24.8 Å². The summed E-state index contributed by atoms with van der Waals surface area (Å²) in [4.78, 5) is 23.7. The summed E-state index contributed by atoms with van der Waals surface area (Å²) >= 11 is 0. The van der Waals surface area contributed by atoms with E-state index in [1.165, 1.54) is 0 Å². The van der Waals surface area contributed by atoms with Crippen molar-refractivity contribution in [1.29, 1.82) is 0 Å². The average Bonchev–Trinajstić information content (AvgIpc) is 2.57. The number of nitrogens with one attached hydrogen (secondary N) is 1. The number of amides is 2. The van der Waals surface area contributed by atoms with Gasteiger partial charge in [-0.15, -0.1) is 0 Å². The summed E-state index contributed by atoms with van der Waals surface area (Å²) in [5, 5.41) is 3.08. The van der Waals surface area contributed by atoms with Gasteiger partial charge in [0, 0.05) is 0 Å². The fourth-order valence-electron chi connectivity index (χ4n) is 3.02. The van der Waals surface area contributed by atoms with Crippen LogP contribution in [0.4, 0.5) is 0 Å². The summed E-state index contributed by atoms with van der Waals surface area (Å²) in [6.45, 7) is -0.154. The molecule has 5 heteroatoms. The van der Waals surface area contributed by atoms with E-state index in [9.17, 15) is 9.59 Å². The molecule has 0 heterocycles. The molecule has 2 aromatic rings. The molecule has 2 amide bonds. The molecule has 3 N–H and O–H groups in total. The maximum Gasteiger partial charge on any atom is 0.258 e. The first-order chi connectivity index (χ1) is 11.6. The van der Waals surface area contributed by atoms with Gasteiger partial charge in [-0.3, -0.25) is 9.59 Å². The average molecular weight is 324 g/mol. The van der Waals surface area contributed by atoms with Gasteiger partial charge in [-0.2, -0.15) is 0 Å². The van der Waals surface area contributed by atoms with Crippen molar-refractivity contribution in [3.05, 3.63) is 65.7 Å². The maximum atomic E-state index is 12.3. The summed E-state index contributed by atoms with van der Waals surface area (Å²) < 4.78 is 5.50. The van der Waals surface area contributed by atoms with Gasteiger partial charge in [0.2, 0.25) is 0 Å². The zero-order valence-corrected chi connectivity index (χ0v) is 13.3. The van der Waals surface area contributed by atoms with E-state index in [2.05, 4.69) is 5.32 Å². The molecule has 0 aliphatic heterocycles. The lowest BCUT2D eigenvalue weighted by Crippen LogP contribution is -2.52. The lowest BCUT2D eigenvalue weighted by Gasteiger charge is -2.43. The van der Waals surface area contributed by atoms with E-state index in [-0.39, 0.29) is 23.6 Å². The topological polar surface area (TPSA) is 81.4 Å². The number of para-hydroxylation sites is 1. The van der Waals surface area contributed by atoms with E-state index in [0.29, 0.717) is 5.75 Å². The van der Waals surface area contributed by atoms with Crippen LogP contribution in [0.5, 0.6) is 5.75 Å². The fourth-order valence-corrected chi connectivity index (χ4v) is 3.02. The summed E-state index contributed by atoms with van der Waals surface area (Å²) in [7, 11) is 0. The monoisotopic (exact) mass is 324 g/mol. The highest BCUT2D eigenvalue weighted by Crippen LogP contribution is 2.41. The molecule has 1 aliphatic rings. The van der Waals surface area contributed by atoms with Crippen LogP contribution in [0, 0.1) is 0 Å². The number of carbonyl (C=O) groups excluding carboxylic acids is 2. The third-order valence-corrected chi connectivity index (χ3v) is 4.42. The predicted octanol–water partition coefficient (Wildman–Crippen LogP) is 2.36. The van der Waals surface area contributed by atoms with Crippen molar-refractivity contribution in [1.82, 2.24) is 5.32 Å². The molecule has 1 aliphatic carbocycles. The van der Waals surface area contributed by atoms with Crippen LogP contribution in [-0.4, -0.2) is 18.4 Å². The van der Waals surface area contributed by atoms with Crippen LogP contribution in [0.1, 0.15) is 35.2 Å². The van der Waals surface area contributed by atoms with Gasteiger partial charge in [-0.05, 0) is 37.0 Å². The number of nitrogens with two attached hydrogens (primary N) is 1. The Balaban J connectivity index is 1.65. The molecule has 0 spiro atoms. The van der Waals surface area contributed by atoms with Gasteiger partial charge in [-0.25, -0.2) is 0 Å². The highest BCUT2D eigenvalue weighted by molar-refractivity contribution is 5.95. The molecule has 0 aromatic heterocycles. The number of hydrogen-bond acceptors (Lipinski definition) is 3. The van der Waals surface area contributed by atoms with Crippen LogP contribution in [0.3, 0.4) is 0 Å². The van der Waals surface area contributed by atoms with E-state index in [1.54, 1.807) is 24.3 Å². The number of rotatable bonds is 6. The molecule has 5 nitrogen and oxygen atoms in total. The number of ether oxygens (including phenoxy) is 1. The van der Waals surface area contributed by atoms with Gasteiger partial charge in [-0.1, -0.05) is 42.5 Å². The van der Waals surface area contributed by atoms with Gasteiger partial charge in [0.1, 0.15) is 5.75 Å². The lowest BCUT2D eigenvalue weighted by molar-refractivity contribution is -0.126. The number of hydrogen-bond donors (Lipinski definition) is 2. The Morgan fingerprint density at radius 1 is 1.04 bits per heavy atom. The Bertz CT molecular complexity index is 739. The molecule has 0 saturated heterocycles. The van der Waals surface area contributed by atoms with E-state index in [1.807, 2.05) is 30.3 Å². The minimum Gasteiger partial charge on any atom is -0.483 e. The molecular formula is C19H20N2O3. The zero-order valence-electron chi connectivity index (χ0n) is 13.3. The van der Waals surface area contributed by atoms with Crippen molar-refractivity contribution in [3.63, 3.8) is 0 Å². The molecule has 1 saturated carbocycles. The Hall–Kier alpha value is -2.82. The van der Waals surface area contributed by atoms with Crippen LogP contribution < -0.4 is 15.8 Å². The molecule has 0 radical (unpaired) electrons. The highest BCUT2D eigenvalue weighted by atomic mass is 16.5. The van der Waals surface area contributed by atoms with Crippen LogP contribution in [-0.2, 0) is 10.3 Å². The minimum atomic E-state index is -0.578. The lowest BCUT2D eigenvalue weighted by atomic mass is 9.72. The van der Waals surface area contributed by atoms with Gasteiger partial charge in [0.15, 0.2) is 6.61 Å². The van der Waals surface area contributed by atoms with Crippen LogP contribution in [0.2, 0.25) is 0 Å². The Kier molecular flexibility index (Phi) is 4.51. The smallest absolute Gasteiger partial charge is 0.258 e. The Morgan fingerprint density at radius 3 is 2.33 bits per heavy atom. The third kappa shape index (κ3) is 3.25. The molecule has 0 bridgehead atoms. The molecule has 0 atom stereocenters. The first-order valence-electron chi connectivity index (χ1n) is 7.99. The minimum absolute atomic E-state index is 0.154. The predicted molar refractivity (Wildman–Crippen MR) is 90.6 cm³/mol. The zero-order chi connectivity index (χ0) is 17.0. The fraction of sp³-hybridized carbons (Fsp3) is 0.263. The first kappa shape index (κ1) is 16.1. The summed E-state index contributed by atoms with van der Waals surface area (Å²) in [6, 6.07) is 16.6. The summed E-state index contributed by atoms with van der Waals surface area (Å²) in [6.07, 6.45) is 2.92. The number of carbonyl (C=O) groups is 2. The van der Waals surface area contributed by atoms with E-state index in [4.69, 9.17) is 10.5 Å². The second-order valence-electron chi connectivity index (χ2n) is 6.00. The van der Waals surface area contributed by atoms with Crippen molar-refractivity contribution >= 4 is 11.8 Å². The molecule has 2 aromatic carbocycles. The summed E-state index contributed by atoms with van der Waals surface area (Å²) in [5.41, 5.74) is 6.39. The van der Waals surface area contributed by atoms with Crippen LogP contribution in [0.15, 0.2) is 54.6 Å². The van der Waals surface area contributed by atoms with Crippen LogP contribution in [0.25, 0.3) is 0 Å². The highest BCUT2D eigenvalue weighted by Gasteiger charge is 2.39. The SMILES string of the molecule is NC(=O)c1ccccc1OCC(=O)NC1(c2ccccc2)CCC1. The van der Waals surface area contributed by atoms with Gasteiger partial charge >= 0.3 is 0 Å². The third-order valence-electron chi connectivity index (χ3n) is 4.42. The van der Waals surface area contributed by atoms with Crippen molar-refractivity contribution < 1.29 is 14.3 Å². The quantitative estimate of drug-likeness (QED) is 0.856.